The van der Waals surface area contributed by atoms with E-state index < -0.39 is 5.97 Å². The van der Waals surface area contributed by atoms with Crippen molar-refractivity contribution in [3.05, 3.63) is 45.5 Å². The molecule has 0 radical (unpaired) electrons. The molecule has 34 heavy (non-hydrogen) atoms. The first-order valence-corrected chi connectivity index (χ1v) is 13.2. The molecule has 6 nitrogen and oxygen atoms in total. The molecule has 1 aromatic carbocycles. The van der Waals surface area contributed by atoms with E-state index in [1.54, 1.807) is 5.57 Å². The second-order valence-electron chi connectivity index (χ2n) is 9.63. The molecule has 0 spiro atoms. The molecule has 2 aliphatic heterocycles. The van der Waals surface area contributed by atoms with Gasteiger partial charge >= 0.3 is 5.97 Å². The minimum Gasteiger partial charge on any atom is -0.481 e. The van der Waals surface area contributed by atoms with Crippen molar-refractivity contribution in [3.63, 3.8) is 0 Å². The van der Waals surface area contributed by atoms with Gasteiger partial charge in [-0.05, 0) is 69.5 Å². The van der Waals surface area contributed by atoms with E-state index in [9.17, 15) is 9.59 Å². The van der Waals surface area contributed by atoms with Crippen molar-refractivity contribution < 1.29 is 14.7 Å². The molecular weight excluding hydrogens is 473 g/mol. The number of nitrogens with zero attached hydrogens (tertiary/aromatic N) is 2. The lowest BCUT2D eigenvalue weighted by Crippen LogP contribution is -2.42. The molecule has 188 valence electrons. The Hall–Kier alpha value is -1.60. The maximum Gasteiger partial charge on any atom is 0.303 e. The predicted molar refractivity (Wildman–Crippen MR) is 137 cm³/mol. The number of carboxylic acids is 1. The van der Waals surface area contributed by atoms with Gasteiger partial charge in [-0.25, -0.2) is 0 Å². The first-order chi connectivity index (χ1) is 16.4. The Labute approximate surface area is 213 Å². The van der Waals surface area contributed by atoms with Crippen LogP contribution in [0.3, 0.4) is 0 Å². The number of rotatable bonds is 8. The number of piperidine rings is 1. The van der Waals surface area contributed by atoms with E-state index in [0.717, 1.165) is 64.0 Å². The van der Waals surface area contributed by atoms with Gasteiger partial charge in [-0.1, -0.05) is 40.9 Å². The van der Waals surface area contributed by atoms with Crippen LogP contribution in [0, 0.1) is 5.92 Å². The normalized spacial score (nSPS) is 21.9. The van der Waals surface area contributed by atoms with Crippen LogP contribution in [-0.2, 0) is 16.1 Å². The fourth-order valence-electron chi connectivity index (χ4n) is 5.07. The van der Waals surface area contributed by atoms with Crippen molar-refractivity contribution in [2.45, 2.75) is 64.0 Å². The van der Waals surface area contributed by atoms with Gasteiger partial charge in [0.15, 0.2) is 0 Å². The van der Waals surface area contributed by atoms with Gasteiger partial charge in [-0.3, -0.25) is 19.4 Å². The Morgan fingerprint density at radius 2 is 1.76 bits per heavy atom. The van der Waals surface area contributed by atoms with Crippen LogP contribution in [0.2, 0.25) is 10.0 Å². The molecule has 1 amide bonds. The molecule has 0 unspecified atom stereocenters. The maximum absolute atomic E-state index is 10.7. The summed E-state index contributed by atoms with van der Waals surface area (Å²) in [7, 11) is 0. The van der Waals surface area contributed by atoms with Crippen molar-refractivity contribution in [1.82, 2.24) is 15.1 Å². The van der Waals surface area contributed by atoms with Crippen LogP contribution in [0.1, 0.15) is 56.9 Å². The fraction of sp³-hybridized carbons (Fsp3) is 0.615. The standard InChI is InChI=1S/C13H15Cl2NO2.C13H22N2O/c14-11-2-1-3-12(15)10(11)8-16-5-4-9(7-16)6-13(17)18;16-11-14-13-6-8-15(9-7-13)10-12-4-2-1-3-5-12/h1-3,9H,4-8H2,(H,17,18);4,11,13H,1-3,5-10H2,(H,14,16)/t9-;/m0./s1. The van der Waals surface area contributed by atoms with E-state index >= 15 is 0 Å². The summed E-state index contributed by atoms with van der Waals surface area (Å²) in [6, 6.07) is 5.89. The minimum absolute atomic E-state index is 0.240. The van der Waals surface area contributed by atoms with Crippen molar-refractivity contribution in [1.29, 1.82) is 0 Å². The van der Waals surface area contributed by atoms with E-state index in [4.69, 9.17) is 28.3 Å². The average Bonchev–Trinajstić information content (AvgIpc) is 3.25. The first kappa shape index (κ1) is 27.0. The molecule has 0 aromatic heterocycles. The molecule has 1 aromatic rings. The number of nitrogens with one attached hydrogen (secondary N) is 1. The van der Waals surface area contributed by atoms with Crippen LogP contribution >= 0.6 is 23.2 Å². The summed E-state index contributed by atoms with van der Waals surface area (Å²) < 4.78 is 0. The Morgan fingerprint density at radius 3 is 2.38 bits per heavy atom. The first-order valence-electron chi connectivity index (χ1n) is 12.4. The summed E-state index contributed by atoms with van der Waals surface area (Å²) in [4.78, 5) is 25.7. The number of carbonyl (C=O) groups excluding carboxylic acids is 1. The number of hydrogen-bond acceptors (Lipinski definition) is 4. The highest BCUT2D eigenvalue weighted by Crippen LogP contribution is 2.28. The maximum atomic E-state index is 10.7. The van der Waals surface area contributed by atoms with E-state index in [2.05, 4.69) is 21.2 Å². The van der Waals surface area contributed by atoms with Gasteiger partial charge in [-0.2, -0.15) is 0 Å². The molecule has 0 bridgehead atoms. The van der Waals surface area contributed by atoms with Gasteiger partial charge in [0.2, 0.25) is 6.41 Å². The molecular formula is C26H37Cl2N3O3. The van der Waals surface area contributed by atoms with Crippen LogP contribution in [0.4, 0.5) is 0 Å². The summed E-state index contributed by atoms with van der Waals surface area (Å²) in [6.07, 6.45) is 12.0. The molecule has 1 aliphatic carbocycles. The number of carboxylic acid groups (broad SMARTS) is 1. The van der Waals surface area contributed by atoms with Crippen LogP contribution in [0.15, 0.2) is 29.8 Å². The summed E-state index contributed by atoms with van der Waals surface area (Å²) >= 11 is 12.2. The molecule has 1 atom stereocenters. The number of allylic oxidation sites excluding steroid dienone is 1. The van der Waals surface area contributed by atoms with Gasteiger partial charge < -0.3 is 10.4 Å². The quantitative estimate of drug-likeness (QED) is 0.381. The van der Waals surface area contributed by atoms with E-state index in [1.807, 2.05) is 18.2 Å². The molecule has 2 saturated heterocycles. The predicted octanol–water partition coefficient (Wildman–Crippen LogP) is 4.99. The number of amides is 1. The van der Waals surface area contributed by atoms with Crippen molar-refractivity contribution in [2.24, 2.45) is 5.92 Å². The third kappa shape index (κ3) is 8.88. The summed E-state index contributed by atoms with van der Waals surface area (Å²) in [5, 5.41) is 13.0. The van der Waals surface area contributed by atoms with Crippen LogP contribution in [0.25, 0.3) is 0 Å². The fourth-order valence-corrected chi connectivity index (χ4v) is 5.58. The molecule has 2 N–H and O–H groups in total. The van der Waals surface area contributed by atoms with E-state index in [1.165, 1.54) is 25.7 Å². The second kappa shape index (κ2) is 14.1. The van der Waals surface area contributed by atoms with Crippen LogP contribution in [-0.4, -0.2) is 66.1 Å². The van der Waals surface area contributed by atoms with Crippen molar-refractivity contribution in [3.8, 4) is 0 Å². The van der Waals surface area contributed by atoms with Crippen LogP contribution in [0.5, 0.6) is 0 Å². The monoisotopic (exact) mass is 509 g/mol. The highest BCUT2D eigenvalue weighted by molar-refractivity contribution is 6.35. The number of benzene rings is 1. The molecule has 0 saturated carbocycles. The zero-order valence-corrected chi connectivity index (χ0v) is 21.4. The molecule has 2 heterocycles. The van der Waals surface area contributed by atoms with E-state index in [-0.39, 0.29) is 12.3 Å². The SMILES string of the molecule is O=C(O)C[C@@H]1CCN(Cc2c(Cl)cccc2Cl)C1.O=CNC1CCN(CC2=CCCCC2)CC1. The second-order valence-corrected chi connectivity index (χ2v) is 10.4. The average molecular weight is 511 g/mol. The Balaban J connectivity index is 0.000000192. The smallest absolute Gasteiger partial charge is 0.303 e. The van der Waals surface area contributed by atoms with Gasteiger partial charge in [0.25, 0.3) is 0 Å². The summed E-state index contributed by atoms with van der Waals surface area (Å²) in [5.41, 5.74) is 2.56. The number of carbonyl (C=O) groups is 2. The molecule has 8 heteroatoms. The third-order valence-corrected chi connectivity index (χ3v) is 7.69. The molecule has 3 aliphatic rings. The number of aliphatic carboxylic acids is 1. The summed E-state index contributed by atoms with van der Waals surface area (Å²) in [5.74, 6) is -0.485. The minimum atomic E-state index is -0.724. The van der Waals surface area contributed by atoms with Gasteiger partial charge in [0, 0.05) is 60.8 Å². The summed E-state index contributed by atoms with van der Waals surface area (Å²) in [6.45, 7) is 5.81. The van der Waals surface area contributed by atoms with Crippen molar-refractivity contribution in [2.75, 3.05) is 32.7 Å². The third-order valence-electron chi connectivity index (χ3n) is 6.98. The van der Waals surface area contributed by atoms with Gasteiger partial charge in [-0.15, -0.1) is 0 Å². The van der Waals surface area contributed by atoms with Crippen LogP contribution < -0.4 is 5.32 Å². The highest BCUT2D eigenvalue weighted by atomic mass is 35.5. The number of likely N-dealkylation sites (tertiary alicyclic amines) is 2. The number of hydrogen-bond donors (Lipinski definition) is 2. The Morgan fingerprint density at radius 1 is 1.06 bits per heavy atom. The largest absolute Gasteiger partial charge is 0.481 e. The number of halogens is 2. The zero-order chi connectivity index (χ0) is 24.3. The zero-order valence-electron chi connectivity index (χ0n) is 19.9. The van der Waals surface area contributed by atoms with Gasteiger partial charge in [0.1, 0.15) is 0 Å². The van der Waals surface area contributed by atoms with Crippen molar-refractivity contribution >= 4 is 35.6 Å². The van der Waals surface area contributed by atoms with Gasteiger partial charge in [0.05, 0.1) is 0 Å². The lowest BCUT2D eigenvalue weighted by atomic mass is 9.98. The van der Waals surface area contributed by atoms with E-state index in [0.29, 0.717) is 22.6 Å². The Bertz CT molecular complexity index is 820. The Kier molecular flexibility index (Phi) is 11.2. The molecule has 4 rings (SSSR count). The lowest BCUT2D eigenvalue weighted by molar-refractivity contribution is -0.138. The molecule has 2 fully saturated rings. The lowest BCUT2D eigenvalue weighted by Gasteiger charge is -2.32. The topological polar surface area (TPSA) is 72.9 Å². The highest BCUT2D eigenvalue weighted by Gasteiger charge is 2.25.